The largest absolute Gasteiger partial charge is 0.480 e. The number of carboxylic acid groups (broad SMARTS) is 2. The molecule has 0 aromatic rings. The number of likely N-dealkylation sites (N-methyl/N-ethyl adjacent to an activating group) is 2. The van der Waals surface area contributed by atoms with Crippen molar-refractivity contribution in [3.05, 3.63) is 0 Å². The highest BCUT2D eigenvalue weighted by Gasteiger charge is 2.16. The molecule has 1 rings (SSSR count). The van der Waals surface area contributed by atoms with Crippen molar-refractivity contribution in [2.24, 2.45) is 0 Å². The summed E-state index contributed by atoms with van der Waals surface area (Å²) in [7, 11) is 4.07. The Hall–Kier alpha value is -2.46. The van der Waals surface area contributed by atoms with Crippen LogP contribution in [0.1, 0.15) is 0 Å². The van der Waals surface area contributed by atoms with Crippen LogP contribution >= 0.6 is 0 Å². The van der Waals surface area contributed by atoms with E-state index in [4.69, 9.17) is 29.4 Å². The van der Waals surface area contributed by atoms with Crippen molar-refractivity contribution in [1.29, 1.82) is 0 Å². The quantitative estimate of drug-likeness (QED) is 0.507. The van der Waals surface area contributed by atoms with Crippen molar-refractivity contribution in [1.82, 2.24) is 19.6 Å². The molecule has 1 heterocycles. The van der Waals surface area contributed by atoms with Crippen LogP contribution in [0.25, 0.3) is 0 Å². The third-order valence-electron chi connectivity index (χ3n) is 3.91. The lowest BCUT2D eigenvalue weighted by Gasteiger charge is -2.31. The zero-order valence-electron chi connectivity index (χ0n) is 16.2. The van der Waals surface area contributed by atoms with E-state index in [1.165, 1.54) is 0 Å². The lowest BCUT2D eigenvalue weighted by Crippen LogP contribution is -2.46. The highest BCUT2D eigenvalue weighted by molar-refractivity contribution is 5.69. The molecule has 160 valence electrons. The van der Waals surface area contributed by atoms with Crippen LogP contribution in [0.3, 0.4) is 0 Å². The van der Waals surface area contributed by atoms with Crippen molar-refractivity contribution < 1.29 is 39.0 Å². The van der Waals surface area contributed by atoms with Crippen LogP contribution in [0.2, 0.25) is 0 Å². The van der Waals surface area contributed by atoms with E-state index in [9.17, 15) is 9.59 Å². The second-order valence-electron chi connectivity index (χ2n) is 6.11. The third-order valence-corrected chi connectivity index (χ3v) is 3.91. The Morgan fingerprint density at radius 2 is 0.857 bits per heavy atom. The normalized spacial score (nSPS) is 17.8. The highest BCUT2D eigenvalue weighted by atomic mass is 16.4. The van der Waals surface area contributed by atoms with Gasteiger partial charge in [0.15, 0.2) is 0 Å². The monoisotopic (exact) mass is 404 g/mol. The summed E-state index contributed by atoms with van der Waals surface area (Å²) in [5.74, 6) is -1.70. The Balaban J connectivity index is 0. The molecule has 0 atom stereocenters. The van der Waals surface area contributed by atoms with Crippen molar-refractivity contribution in [2.45, 2.75) is 0 Å². The number of carboxylic acids is 2. The smallest absolute Gasteiger partial charge is 0.373 e. The van der Waals surface area contributed by atoms with E-state index in [2.05, 4.69) is 9.80 Å². The van der Waals surface area contributed by atoms with Gasteiger partial charge in [0, 0.05) is 52.4 Å². The minimum Gasteiger partial charge on any atom is -0.480 e. The standard InChI is InChI=1S/C14H28N4O4.2CO2/c1-15-3-4-16(2)6-8-18(12-14(21)22)10-9-17(7-5-15)11-13(19)20;2*2-1-3/h3-12H2,1-2H3,(H,19,20)(H,21,22);;. The zero-order chi connectivity index (χ0) is 21.9. The molecule has 0 bridgehead atoms. The maximum atomic E-state index is 11.0. The van der Waals surface area contributed by atoms with Crippen molar-refractivity contribution in [2.75, 3.05) is 79.5 Å². The zero-order valence-corrected chi connectivity index (χ0v) is 16.2. The number of aliphatic carboxylic acids is 2. The van der Waals surface area contributed by atoms with Gasteiger partial charge in [-0.25, -0.2) is 0 Å². The fourth-order valence-corrected chi connectivity index (χ4v) is 2.39. The van der Waals surface area contributed by atoms with Crippen LogP contribution in [0, 0.1) is 0 Å². The van der Waals surface area contributed by atoms with Crippen molar-refractivity contribution in [3.63, 3.8) is 0 Å². The summed E-state index contributed by atoms with van der Waals surface area (Å²) >= 11 is 0. The van der Waals surface area contributed by atoms with Gasteiger partial charge in [-0.05, 0) is 14.1 Å². The van der Waals surface area contributed by atoms with E-state index in [0.29, 0.717) is 26.2 Å². The predicted octanol–water partition coefficient (Wildman–Crippen LogP) is -2.53. The molecule has 1 aliphatic heterocycles. The average molecular weight is 404 g/mol. The van der Waals surface area contributed by atoms with Crippen LogP contribution in [0.4, 0.5) is 0 Å². The summed E-state index contributed by atoms with van der Waals surface area (Å²) < 4.78 is 0. The van der Waals surface area contributed by atoms with Crippen molar-refractivity contribution in [3.8, 4) is 0 Å². The molecule has 0 saturated carbocycles. The third kappa shape index (κ3) is 18.3. The summed E-state index contributed by atoms with van der Waals surface area (Å²) in [6.07, 6.45) is 0.500. The van der Waals surface area contributed by atoms with Crippen LogP contribution in [-0.4, -0.2) is 134 Å². The number of carbonyl (C=O) groups is 2. The molecule has 12 heteroatoms. The topological polar surface area (TPSA) is 156 Å². The van der Waals surface area contributed by atoms with Crippen molar-refractivity contribution >= 4 is 24.2 Å². The molecule has 0 radical (unpaired) electrons. The molecular weight excluding hydrogens is 376 g/mol. The van der Waals surface area contributed by atoms with Gasteiger partial charge >= 0.3 is 24.2 Å². The lowest BCUT2D eigenvalue weighted by atomic mass is 10.3. The Morgan fingerprint density at radius 1 is 0.643 bits per heavy atom. The van der Waals surface area contributed by atoms with Gasteiger partial charge in [-0.3, -0.25) is 19.4 Å². The first-order chi connectivity index (χ1) is 13.2. The van der Waals surface area contributed by atoms with Gasteiger partial charge in [0.25, 0.3) is 0 Å². The molecule has 0 aromatic carbocycles. The second-order valence-corrected chi connectivity index (χ2v) is 6.11. The van der Waals surface area contributed by atoms with Gasteiger partial charge in [0.05, 0.1) is 13.1 Å². The maximum Gasteiger partial charge on any atom is 0.373 e. The van der Waals surface area contributed by atoms with Gasteiger partial charge in [0.1, 0.15) is 0 Å². The molecule has 0 aromatic heterocycles. The summed E-state index contributed by atoms with van der Waals surface area (Å²) in [4.78, 5) is 62.6. The molecule has 2 N–H and O–H groups in total. The lowest BCUT2D eigenvalue weighted by molar-refractivity contribution is -0.193. The molecule has 1 aliphatic rings. The first-order valence-electron chi connectivity index (χ1n) is 8.44. The number of carbonyl (C=O) groups excluding carboxylic acids is 4. The second kappa shape index (κ2) is 17.9. The Morgan fingerprint density at radius 3 is 1.11 bits per heavy atom. The first kappa shape index (κ1) is 27.8. The fraction of sp³-hybridized carbons (Fsp3) is 0.750. The van der Waals surface area contributed by atoms with Crippen LogP contribution < -0.4 is 0 Å². The Labute approximate surface area is 163 Å². The van der Waals surface area contributed by atoms with Crippen LogP contribution in [0.15, 0.2) is 0 Å². The molecule has 1 fully saturated rings. The number of rotatable bonds is 4. The first-order valence-corrected chi connectivity index (χ1v) is 8.44. The van der Waals surface area contributed by atoms with E-state index < -0.39 is 11.9 Å². The SMILES string of the molecule is CN1CCN(C)CCN(CC(=O)O)CCN(CC(=O)O)CC1.O=C=O.O=C=O. The van der Waals surface area contributed by atoms with Gasteiger partial charge in [0.2, 0.25) is 0 Å². The van der Waals surface area contributed by atoms with E-state index in [0.717, 1.165) is 26.2 Å². The molecular formula is C16H28N4O8. The number of hydrogen-bond donors (Lipinski definition) is 2. The van der Waals surface area contributed by atoms with E-state index in [1.54, 1.807) is 0 Å². The van der Waals surface area contributed by atoms with Crippen LogP contribution in [0.5, 0.6) is 0 Å². The maximum absolute atomic E-state index is 11.0. The number of nitrogens with zero attached hydrogens (tertiary/aromatic N) is 4. The minimum atomic E-state index is -0.848. The van der Waals surface area contributed by atoms with Crippen LogP contribution in [-0.2, 0) is 28.8 Å². The van der Waals surface area contributed by atoms with Gasteiger partial charge in [-0.1, -0.05) is 0 Å². The minimum absolute atomic E-state index is 0.00530. The predicted molar refractivity (Wildman–Crippen MR) is 93.2 cm³/mol. The van der Waals surface area contributed by atoms with Gasteiger partial charge in [-0.15, -0.1) is 0 Å². The van der Waals surface area contributed by atoms with Gasteiger partial charge < -0.3 is 20.0 Å². The highest BCUT2D eigenvalue weighted by Crippen LogP contribution is 1.98. The van der Waals surface area contributed by atoms with E-state index in [-0.39, 0.29) is 25.4 Å². The molecule has 0 amide bonds. The molecule has 1 saturated heterocycles. The Kier molecular flexibility index (Phi) is 17.8. The fourth-order valence-electron chi connectivity index (χ4n) is 2.39. The van der Waals surface area contributed by atoms with E-state index in [1.807, 2.05) is 23.9 Å². The number of hydrogen-bond acceptors (Lipinski definition) is 10. The average Bonchev–Trinajstić information content (AvgIpc) is 2.59. The molecule has 0 aliphatic carbocycles. The molecule has 12 nitrogen and oxygen atoms in total. The Bertz CT molecular complexity index is 473. The summed E-state index contributed by atoms with van der Waals surface area (Å²) in [5.41, 5.74) is 0. The molecule has 0 spiro atoms. The molecule has 0 unspecified atom stereocenters. The summed E-state index contributed by atoms with van der Waals surface area (Å²) in [5, 5.41) is 18.0. The molecule has 28 heavy (non-hydrogen) atoms. The summed E-state index contributed by atoms with van der Waals surface area (Å²) in [6, 6.07) is 0. The summed E-state index contributed by atoms with van der Waals surface area (Å²) in [6.45, 7) is 5.91. The van der Waals surface area contributed by atoms with Gasteiger partial charge in [-0.2, -0.15) is 19.2 Å². The van der Waals surface area contributed by atoms with E-state index >= 15 is 0 Å².